The van der Waals surface area contributed by atoms with E-state index in [1.54, 1.807) is 4.90 Å². The van der Waals surface area contributed by atoms with Gasteiger partial charge in [0.25, 0.3) is 5.91 Å². The Morgan fingerprint density at radius 1 is 1.39 bits per heavy atom. The van der Waals surface area contributed by atoms with Crippen LogP contribution in [0.1, 0.15) is 22.4 Å². The van der Waals surface area contributed by atoms with Crippen molar-refractivity contribution in [3.05, 3.63) is 46.7 Å². The van der Waals surface area contributed by atoms with Crippen molar-refractivity contribution in [1.29, 1.82) is 0 Å². The first-order valence-corrected chi connectivity index (χ1v) is 7.95. The zero-order chi connectivity index (χ0) is 15.8. The average Bonchev–Trinajstić information content (AvgIpc) is 3.23. The van der Waals surface area contributed by atoms with Crippen LogP contribution in [-0.2, 0) is 4.74 Å². The van der Waals surface area contributed by atoms with Crippen molar-refractivity contribution in [2.45, 2.75) is 6.04 Å². The van der Waals surface area contributed by atoms with E-state index in [9.17, 15) is 4.79 Å². The maximum absolute atomic E-state index is 12.9. The molecule has 1 atom stereocenters. The summed E-state index contributed by atoms with van der Waals surface area (Å²) in [6.07, 6.45) is 1.26. The second-order valence-corrected chi connectivity index (χ2v) is 6.21. The van der Waals surface area contributed by atoms with Crippen LogP contribution in [0.3, 0.4) is 0 Å². The third-order valence-corrected chi connectivity index (χ3v) is 4.37. The Hall–Kier alpha value is -2.19. The van der Waals surface area contributed by atoms with Gasteiger partial charge in [-0.2, -0.15) is 4.98 Å². The van der Waals surface area contributed by atoms with E-state index in [1.807, 2.05) is 24.3 Å². The van der Waals surface area contributed by atoms with Crippen LogP contribution in [0.5, 0.6) is 0 Å². The van der Waals surface area contributed by atoms with Crippen molar-refractivity contribution < 1.29 is 14.1 Å². The summed E-state index contributed by atoms with van der Waals surface area (Å²) in [6.45, 7) is 1.33. The Balaban J connectivity index is 1.67. The Morgan fingerprint density at radius 2 is 2.30 bits per heavy atom. The minimum absolute atomic E-state index is 0.101. The van der Waals surface area contributed by atoms with Crippen molar-refractivity contribution in [2.75, 3.05) is 19.8 Å². The molecule has 8 heteroatoms. The number of carbonyl (C=O) groups is 1. The van der Waals surface area contributed by atoms with E-state index in [2.05, 4.69) is 31.1 Å². The molecule has 1 aromatic carbocycles. The molecule has 7 nitrogen and oxygen atoms in total. The molecule has 1 N–H and O–H groups in total. The van der Waals surface area contributed by atoms with E-state index in [1.165, 1.54) is 6.39 Å². The van der Waals surface area contributed by atoms with Crippen LogP contribution >= 0.6 is 15.9 Å². The largest absolute Gasteiger partial charge is 0.377 e. The van der Waals surface area contributed by atoms with Crippen LogP contribution in [0.2, 0.25) is 0 Å². The number of aromatic amines is 1. The summed E-state index contributed by atoms with van der Waals surface area (Å²) in [5.74, 6) is 0.354. The number of benzene rings is 1. The zero-order valence-corrected chi connectivity index (χ0v) is 13.6. The number of rotatable bonds is 2. The highest BCUT2D eigenvalue weighted by molar-refractivity contribution is 9.10. The van der Waals surface area contributed by atoms with E-state index in [0.29, 0.717) is 31.3 Å². The molecule has 0 saturated carbocycles. The van der Waals surface area contributed by atoms with Gasteiger partial charge in [0.15, 0.2) is 5.82 Å². The highest BCUT2D eigenvalue weighted by atomic mass is 79.9. The quantitative estimate of drug-likeness (QED) is 0.742. The molecule has 0 spiro atoms. The summed E-state index contributed by atoms with van der Waals surface area (Å²) in [7, 11) is 0. The predicted octanol–water partition coefficient (Wildman–Crippen LogP) is 2.53. The number of hydrogen-bond donors (Lipinski definition) is 1. The molecule has 1 aliphatic rings. The summed E-state index contributed by atoms with van der Waals surface area (Å²) >= 11 is 3.44. The van der Waals surface area contributed by atoms with E-state index in [4.69, 9.17) is 9.26 Å². The first-order valence-electron chi connectivity index (χ1n) is 7.15. The number of H-pyrrole nitrogens is 1. The normalized spacial score (nSPS) is 18.5. The van der Waals surface area contributed by atoms with Gasteiger partial charge in [-0.25, -0.2) is 0 Å². The molecular formula is C15H13BrN4O3. The third-order valence-electron chi connectivity index (χ3n) is 3.88. The Kier molecular flexibility index (Phi) is 3.62. The van der Waals surface area contributed by atoms with Crippen molar-refractivity contribution in [3.8, 4) is 0 Å². The van der Waals surface area contributed by atoms with Crippen LogP contribution in [0.15, 0.2) is 39.7 Å². The molecule has 1 unspecified atom stereocenters. The molecule has 23 heavy (non-hydrogen) atoms. The van der Waals surface area contributed by atoms with E-state index < -0.39 is 0 Å². The number of morpholine rings is 1. The molecule has 1 aliphatic heterocycles. The topological polar surface area (TPSA) is 84.2 Å². The lowest BCUT2D eigenvalue weighted by Crippen LogP contribution is -2.44. The van der Waals surface area contributed by atoms with Gasteiger partial charge in [0.05, 0.1) is 13.2 Å². The van der Waals surface area contributed by atoms with E-state index >= 15 is 0 Å². The summed E-state index contributed by atoms with van der Waals surface area (Å²) < 4.78 is 11.2. The van der Waals surface area contributed by atoms with E-state index in [-0.39, 0.29) is 11.9 Å². The molecule has 1 saturated heterocycles. The number of nitrogens with zero attached hydrogens (tertiary/aromatic N) is 3. The van der Waals surface area contributed by atoms with Gasteiger partial charge in [0, 0.05) is 21.9 Å². The first kappa shape index (κ1) is 14.4. The summed E-state index contributed by atoms with van der Waals surface area (Å²) in [5, 5.41) is 4.82. The van der Waals surface area contributed by atoms with E-state index in [0.717, 1.165) is 15.4 Å². The number of halogens is 1. The number of nitrogens with one attached hydrogen (secondary N) is 1. The molecule has 0 radical (unpaired) electrons. The Morgan fingerprint density at radius 3 is 3.13 bits per heavy atom. The molecule has 4 rings (SSSR count). The SMILES string of the molecule is O=C(c1cc2cc(Br)ccc2[nH]1)N1CCOCC1c1ncon1. The van der Waals surface area contributed by atoms with Gasteiger partial charge in [-0.15, -0.1) is 0 Å². The number of carbonyl (C=O) groups excluding carboxylic acids is 1. The minimum atomic E-state index is -0.340. The van der Waals surface area contributed by atoms with Crippen LogP contribution in [0, 0.1) is 0 Å². The third kappa shape index (κ3) is 2.64. The Bertz CT molecular complexity index is 846. The molecule has 118 valence electrons. The molecule has 3 aromatic rings. The first-order chi connectivity index (χ1) is 11.2. The number of fused-ring (bicyclic) bond motifs is 1. The molecule has 3 heterocycles. The van der Waals surface area contributed by atoms with Crippen molar-refractivity contribution in [2.24, 2.45) is 0 Å². The van der Waals surface area contributed by atoms with Gasteiger partial charge in [0.2, 0.25) is 6.39 Å². The lowest BCUT2D eigenvalue weighted by molar-refractivity contribution is -0.00602. The van der Waals surface area contributed by atoms with Gasteiger partial charge >= 0.3 is 0 Å². The molecule has 1 amide bonds. The number of hydrogen-bond acceptors (Lipinski definition) is 5. The second kappa shape index (κ2) is 5.78. The van der Waals surface area contributed by atoms with Crippen LogP contribution in [0.4, 0.5) is 0 Å². The second-order valence-electron chi connectivity index (χ2n) is 5.29. The predicted molar refractivity (Wildman–Crippen MR) is 84.9 cm³/mol. The summed E-state index contributed by atoms with van der Waals surface area (Å²) in [4.78, 5) is 21.8. The highest BCUT2D eigenvalue weighted by Crippen LogP contribution is 2.26. The van der Waals surface area contributed by atoms with Crippen molar-refractivity contribution in [1.82, 2.24) is 20.0 Å². The van der Waals surface area contributed by atoms with Crippen LogP contribution in [0.25, 0.3) is 10.9 Å². The monoisotopic (exact) mass is 376 g/mol. The maximum Gasteiger partial charge on any atom is 0.271 e. The van der Waals surface area contributed by atoms with Gasteiger partial charge in [-0.05, 0) is 24.3 Å². The average molecular weight is 377 g/mol. The minimum Gasteiger partial charge on any atom is -0.377 e. The fourth-order valence-electron chi connectivity index (χ4n) is 2.76. The highest BCUT2D eigenvalue weighted by Gasteiger charge is 2.32. The fraction of sp³-hybridized carbons (Fsp3) is 0.267. The van der Waals surface area contributed by atoms with Crippen LogP contribution in [-0.4, -0.2) is 45.7 Å². The lowest BCUT2D eigenvalue weighted by Gasteiger charge is -2.33. The summed E-state index contributed by atoms with van der Waals surface area (Å²) in [6, 6.07) is 7.35. The lowest BCUT2D eigenvalue weighted by atomic mass is 10.2. The Labute approximate surface area is 139 Å². The number of aromatic nitrogens is 3. The van der Waals surface area contributed by atoms with Gasteiger partial charge in [-0.1, -0.05) is 21.1 Å². The smallest absolute Gasteiger partial charge is 0.271 e. The standard InChI is InChI=1S/C15H13BrN4O3/c16-10-1-2-11-9(5-10)6-12(18-11)15(21)20-3-4-22-7-13(20)14-17-8-23-19-14/h1-2,5-6,8,13,18H,3-4,7H2. The molecule has 0 bridgehead atoms. The van der Waals surface area contributed by atoms with Crippen molar-refractivity contribution >= 4 is 32.7 Å². The van der Waals surface area contributed by atoms with Crippen LogP contribution < -0.4 is 0 Å². The van der Waals surface area contributed by atoms with Crippen molar-refractivity contribution in [3.63, 3.8) is 0 Å². The summed E-state index contributed by atoms with van der Waals surface area (Å²) in [5.41, 5.74) is 1.45. The molecule has 0 aliphatic carbocycles. The van der Waals surface area contributed by atoms with Gasteiger partial charge < -0.3 is 19.1 Å². The zero-order valence-electron chi connectivity index (χ0n) is 12.0. The molecule has 2 aromatic heterocycles. The number of amides is 1. The number of ether oxygens (including phenoxy) is 1. The molecular weight excluding hydrogens is 364 g/mol. The molecule has 1 fully saturated rings. The fourth-order valence-corrected chi connectivity index (χ4v) is 3.14. The maximum atomic E-state index is 12.9. The van der Waals surface area contributed by atoms with Gasteiger partial charge in [-0.3, -0.25) is 4.79 Å². The van der Waals surface area contributed by atoms with Gasteiger partial charge in [0.1, 0.15) is 11.7 Å².